The topological polar surface area (TPSA) is 86.5 Å². The molecule has 0 aliphatic heterocycles. The first-order valence-electron chi connectivity index (χ1n) is 8.30. The van der Waals surface area contributed by atoms with Gasteiger partial charge in [-0.1, -0.05) is 6.92 Å². The maximum atomic E-state index is 13.0. The molecule has 1 heterocycles. The molecule has 1 amide bonds. The van der Waals surface area contributed by atoms with E-state index in [1.807, 2.05) is 0 Å². The fourth-order valence-corrected chi connectivity index (χ4v) is 2.32. The molecule has 3 aromatic rings. The Labute approximate surface area is 155 Å². The summed E-state index contributed by atoms with van der Waals surface area (Å²) in [5.41, 5.74) is 0.693. The average molecular weight is 371 g/mol. The lowest BCUT2D eigenvalue weighted by molar-refractivity contribution is -0.122. The highest BCUT2D eigenvalue weighted by Crippen LogP contribution is 2.22. The standard InChI is InChI=1S/C19H18FN3O4/c1-3-16(26-15-10-6-13(20)7-11-15)17(24)21-19-22-18(27-23-19)12-4-8-14(25-2)9-5-12/h4-11,16H,3H2,1-2H3,(H,21,23,24)/t16-/m0/s1. The predicted molar refractivity (Wildman–Crippen MR) is 96.0 cm³/mol. The van der Waals surface area contributed by atoms with Gasteiger partial charge in [-0.25, -0.2) is 4.39 Å². The quantitative estimate of drug-likeness (QED) is 0.682. The van der Waals surface area contributed by atoms with Gasteiger partial charge in [-0.15, -0.1) is 0 Å². The molecule has 27 heavy (non-hydrogen) atoms. The van der Waals surface area contributed by atoms with Gasteiger partial charge in [0.1, 0.15) is 17.3 Å². The highest BCUT2D eigenvalue weighted by molar-refractivity contribution is 5.92. The summed E-state index contributed by atoms with van der Waals surface area (Å²) in [6.45, 7) is 1.80. The van der Waals surface area contributed by atoms with Gasteiger partial charge in [0.25, 0.3) is 17.7 Å². The lowest BCUT2D eigenvalue weighted by Crippen LogP contribution is -2.32. The number of hydrogen-bond acceptors (Lipinski definition) is 6. The van der Waals surface area contributed by atoms with Gasteiger partial charge in [-0.3, -0.25) is 10.1 Å². The Morgan fingerprint density at radius 2 is 1.81 bits per heavy atom. The highest BCUT2D eigenvalue weighted by Gasteiger charge is 2.21. The number of amides is 1. The van der Waals surface area contributed by atoms with Crippen LogP contribution in [0.3, 0.4) is 0 Å². The molecular weight excluding hydrogens is 353 g/mol. The maximum Gasteiger partial charge on any atom is 0.270 e. The second-order valence-corrected chi connectivity index (χ2v) is 5.61. The molecule has 0 fully saturated rings. The van der Waals surface area contributed by atoms with E-state index in [1.165, 1.54) is 24.3 Å². The molecule has 2 aromatic carbocycles. The van der Waals surface area contributed by atoms with Crippen molar-refractivity contribution in [2.45, 2.75) is 19.4 Å². The van der Waals surface area contributed by atoms with Crippen molar-refractivity contribution in [3.63, 3.8) is 0 Å². The van der Waals surface area contributed by atoms with Crippen LogP contribution in [0.25, 0.3) is 11.5 Å². The summed E-state index contributed by atoms with van der Waals surface area (Å²) in [7, 11) is 1.58. The van der Waals surface area contributed by atoms with Gasteiger partial charge in [-0.2, -0.15) is 4.98 Å². The van der Waals surface area contributed by atoms with E-state index in [0.29, 0.717) is 23.5 Å². The number of rotatable bonds is 7. The van der Waals surface area contributed by atoms with Crippen LogP contribution in [0.5, 0.6) is 11.5 Å². The number of carbonyl (C=O) groups excluding carboxylic acids is 1. The predicted octanol–water partition coefficient (Wildman–Crippen LogP) is 3.68. The van der Waals surface area contributed by atoms with E-state index in [9.17, 15) is 9.18 Å². The molecule has 0 aliphatic rings. The third-order valence-corrected chi connectivity index (χ3v) is 3.75. The molecule has 8 heteroatoms. The van der Waals surface area contributed by atoms with Gasteiger partial charge in [0, 0.05) is 5.56 Å². The van der Waals surface area contributed by atoms with E-state index < -0.39 is 12.0 Å². The summed E-state index contributed by atoms with van der Waals surface area (Å²) in [5, 5.41) is 6.31. The van der Waals surface area contributed by atoms with Gasteiger partial charge in [0.15, 0.2) is 6.10 Å². The van der Waals surface area contributed by atoms with Crippen LogP contribution in [-0.2, 0) is 4.79 Å². The fraction of sp³-hybridized carbons (Fsp3) is 0.211. The van der Waals surface area contributed by atoms with E-state index in [1.54, 1.807) is 38.3 Å². The zero-order chi connectivity index (χ0) is 19.2. The van der Waals surface area contributed by atoms with Crippen LogP contribution >= 0.6 is 0 Å². The number of carbonyl (C=O) groups is 1. The molecule has 3 rings (SSSR count). The zero-order valence-electron chi connectivity index (χ0n) is 14.8. The number of methoxy groups -OCH3 is 1. The molecule has 0 bridgehead atoms. The lowest BCUT2D eigenvalue weighted by atomic mass is 10.2. The normalized spacial score (nSPS) is 11.7. The number of nitrogens with zero attached hydrogens (tertiary/aromatic N) is 2. The third kappa shape index (κ3) is 4.60. The maximum absolute atomic E-state index is 13.0. The molecule has 0 radical (unpaired) electrons. The van der Waals surface area contributed by atoms with Gasteiger partial charge in [0.2, 0.25) is 0 Å². The van der Waals surface area contributed by atoms with Gasteiger partial charge < -0.3 is 14.0 Å². The van der Waals surface area contributed by atoms with Crippen LogP contribution in [0.4, 0.5) is 10.3 Å². The minimum atomic E-state index is -0.779. The smallest absolute Gasteiger partial charge is 0.270 e. The SMILES string of the molecule is CC[C@H](Oc1ccc(F)cc1)C(=O)Nc1noc(-c2ccc(OC)cc2)n1. The Morgan fingerprint density at radius 1 is 1.15 bits per heavy atom. The zero-order valence-corrected chi connectivity index (χ0v) is 14.8. The van der Waals surface area contributed by atoms with Crippen molar-refractivity contribution in [1.29, 1.82) is 0 Å². The highest BCUT2D eigenvalue weighted by atomic mass is 19.1. The number of nitrogens with one attached hydrogen (secondary N) is 1. The summed E-state index contributed by atoms with van der Waals surface area (Å²) in [5.74, 6) is 0.593. The van der Waals surface area contributed by atoms with Crippen molar-refractivity contribution < 1.29 is 23.2 Å². The molecule has 1 N–H and O–H groups in total. The molecule has 7 nitrogen and oxygen atoms in total. The molecular formula is C19H18FN3O4. The first-order chi connectivity index (χ1) is 13.1. The summed E-state index contributed by atoms with van der Waals surface area (Å²) in [4.78, 5) is 16.6. The molecule has 0 unspecified atom stereocenters. The van der Waals surface area contributed by atoms with E-state index in [-0.39, 0.29) is 17.7 Å². The first-order valence-corrected chi connectivity index (χ1v) is 8.30. The molecule has 1 aromatic heterocycles. The Bertz CT molecular complexity index is 894. The number of hydrogen-bond donors (Lipinski definition) is 1. The number of benzene rings is 2. The minimum Gasteiger partial charge on any atom is -0.497 e. The number of anilines is 1. The summed E-state index contributed by atoms with van der Waals surface area (Å²) in [6, 6.07) is 12.5. The fourth-order valence-electron chi connectivity index (χ4n) is 2.32. The largest absolute Gasteiger partial charge is 0.497 e. The Morgan fingerprint density at radius 3 is 2.44 bits per heavy atom. The lowest BCUT2D eigenvalue weighted by Gasteiger charge is -2.15. The number of aromatic nitrogens is 2. The second kappa shape index (κ2) is 8.31. The molecule has 140 valence electrons. The summed E-state index contributed by atoms with van der Waals surface area (Å²) in [6.07, 6.45) is -0.370. The Balaban J connectivity index is 1.65. The van der Waals surface area contributed by atoms with Crippen molar-refractivity contribution in [3.05, 3.63) is 54.3 Å². The van der Waals surface area contributed by atoms with Crippen LogP contribution < -0.4 is 14.8 Å². The monoisotopic (exact) mass is 371 g/mol. The van der Waals surface area contributed by atoms with Crippen molar-refractivity contribution in [3.8, 4) is 23.0 Å². The Hall–Kier alpha value is -3.42. The van der Waals surface area contributed by atoms with Crippen LogP contribution in [-0.4, -0.2) is 29.3 Å². The van der Waals surface area contributed by atoms with Gasteiger partial charge in [0.05, 0.1) is 7.11 Å². The van der Waals surface area contributed by atoms with Gasteiger partial charge in [-0.05, 0) is 60.1 Å². The van der Waals surface area contributed by atoms with Crippen LogP contribution in [0.1, 0.15) is 13.3 Å². The average Bonchev–Trinajstić information content (AvgIpc) is 3.16. The molecule has 0 saturated carbocycles. The van der Waals surface area contributed by atoms with Crippen molar-refractivity contribution in [2.75, 3.05) is 12.4 Å². The van der Waals surface area contributed by atoms with Crippen LogP contribution in [0.2, 0.25) is 0 Å². The molecule has 0 saturated heterocycles. The van der Waals surface area contributed by atoms with Crippen LogP contribution in [0.15, 0.2) is 53.1 Å². The first kappa shape index (κ1) is 18.4. The van der Waals surface area contributed by atoms with Crippen LogP contribution in [0, 0.1) is 5.82 Å². The summed E-state index contributed by atoms with van der Waals surface area (Å²) >= 11 is 0. The Kier molecular flexibility index (Phi) is 5.65. The van der Waals surface area contributed by atoms with Crippen molar-refractivity contribution in [1.82, 2.24) is 10.1 Å². The number of ether oxygens (including phenoxy) is 2. The van der Waals surface area contributed by atoms with Crippen molar-refractivity contribution >= 4 is 11.9 Å². The minimum absolute atomic E-state index is 0.0342. The second-order valence-electron chi connectivity index (χ2n) is 5.61. The third-order valence-electron chi connectivity index (χ3n) is 3.75. The molecule has 1 atom stereocenters. The summed E-state index contributed by atoms with van der Waals surface area (Å²) < 4.78 is 28.8. The van der Waals surface area contributed by atoms with E-state index in [2.05, 4.69) is 15.5 Å². The van der Waals surface area contributed by atoms with Gasteiger partial charge >= 0.3 is 0 Å². The molecule has 0 spiro atoms. The van der Waals surface area contributed by atoms with E-state index in [0.717, 1.165) is 0 Å². The van der Waals surface area contributed by atoms with E-state index >= 15 is 0 Å². The van der Waals surface area contributed by atoms with Crippen molar-refractivity contribution in [2.24, 2.45) is 0 Å². The van der Waals surface area contributed by atoms with E-state index in [4.69, 9.17) is 14.0 Å². The molecule has 0 aliphatic carbocycles. The number of halogens is 1.